The number of aromatic nitrogens is 2. The Morgan fingerprint density at radius 1 is 1.56 bits per heavy atom. The molecule has 1 rings (SSSR count). The molecule has 0 fully saturated rings. The van der Waals surface area contributed by atoms with Crippen LogP contribution in [0.1, 0.15) is 11.6 Å². The maximum absolute atomic E-state index is 12.5. The SMILES string of the molecule is C=C(F)C(=O)NC(c1cn[nH]c1)C(F)(F)F. The molecule has 88 valence electrons. The minimum atomic E-state index is -4.74. The number of hydrogen-bond acceptors (Lipinski definition) is 2. The topological polar surface area (TPSA) is 57.8 Å². The molecule has 0 spiro atoms. The minimum absolute atomic E-state index is 0.317. The van der Waals surface area contributed by atoms with E-state index in [1.54, 1.807) is 0 Å². The van der Waals surface area contributed by atoms with Crippen LogP contribution in [0, 0.1) is 0 Å². The molecular weight excluding hydrogens is 230 g/mol. The summed E-state index contributed by atoms with van der Waals surface area (Å²) in [6, 6.07) is -2.31. The second kappa shape index (κ2) is 4.33. The van der Waals surface area contributed by atoms with Gasteiger partial charge in [-0.25, -0.2) is 4.39 Å². The summed E-state index contributed by atoms with van der Waals surface area (Å²) in [7, 11) is 0. The number of nitrogens with zero attached hydrogens (tertiary/aromatic N) is 1. The molecule has 0 saturated heterocycles. The van der Waals surface area contributed by atoms with Gasteiger partial charge in [-0.2, -0.15) is 18.3 Å². The molecule has 2 N–H and O–H groups in total. The summed E-state index contributed by atoms with van der Waals surface area (Å²) in [6.45, 7) is 2.60. The second-order valence-corrected chi connectivity index (χ2v) is 2.88. The first-order valence-electron chi connectivity index (χ1n) is 4.03. The zero-order valence-electron chi connectivity index (χ0n) is 7.81. The van der Waals surface area contributed by atoms with Crippen molar-refractivity contribution in [2.24, 2.45) is 0 Å². The Morgan fingerprint density at radius 2 is 2.19 bits per heavy atom. The van der Waals surface area contributed by atoms with Gasteiger partial charge in [-0.15, -0.1) is 0 Å². The van der Waals surface area contributed by atoms with Crippen molar-refractivity contribution in [3.63, 3.8) is 0 Å². The molecule has 1 heterocycles. The molecule has 0 radical (unpaired) electrons. The van der Waals surface area contributed by atoms with E-state index in [4.69, 9.17) is 0 Å². The van der Waals surface area contributed by atoms with Crippen LogP contribution in [0.4, 0.5) is 17.6 Å². The van der Waals surface area contributed by atoms with Gasteiger partial charge in [0.1, 0.15) is 0 Å². The molecule has 1 aromatic heterocycles. The molecule has 0 aromatic carbocycles. The quantitative estimate of drug-likeness (QED) is 0.619. The van der Waals surface area contributed by atoms with E-state index in [1.807, 2.05) is 0 Å². The molecule has 4 nitrogen and oxygen atoms in total. The lowest BCUT2D eigenvalue weighted by molar-refractivity contribution is -0.162. The number of rotatable bonds is 3. The lowest BCUT2D eigenvalue weighted by Crippen LogP contribution is -2.38. The summed E-state index contributed by atoms with van der Waals surface area (Å²) in [5, 5.41) is 6.94. The highest BCUT2D eigenvalue weighted by atomic mass is 19.4. The Bertz CT molecular complexity index is 384. The van der Waals surface area contributed by atoms with Crippen LogP contribution in [0.5, 0.6) is 0 Å². The van der Waals surface area contributed by atoms with E-state index in [-0.39, 0.29) is 5.56 Å². The van der Waals surface area contributed by atoms with E-state index < -0.39 is 24.0 Å². The summed E-state index contributed by atoms with van der Waals surface area (Å²) in [5.74, 6) is -3.00. The average molecular weight is 237 g/mol. The van der Waals surface area contributed by atoms with Crippen LogP contribution in [0.25, 0.3) is 0 Å². The highest BCUT2D eigenvalue weighted by Crippen LogP contribution is 2.32. The van der Waals surface area contributed by atoms with Gasteiger partial charge in [0.25, 0.3) is 5.91 Å². The van der Waals surface area contributed by atoms with E-state index in [1.165, 1.54) is 5.32 Å². The Hall–Kier alpha value is -1.86. The van der Waals surface area contributed by atoms with Gasteiger partial charge in [0.15, 0.2) is 11.9 Å². The number of aromatic amines is 1. The molecule has 16 heavy (non-hydrogen) atoms. The van der Waals surface area contributed by atoms with E-state index in [0.29, 0.717) is 0 Å². The third-order valence-corrected chi connectivity index (χ3v) is 1.70. The highest BCUT2D eigenvalue weighted by molar-refractivity contribution is 5.90. The van der Waals surface area contributed by atoms with Crippen molar-refractivity contribution in [3.8, 4) is 0 Å². The fourth-order valence-electron chi connectivity index (χ4n) is 0.982. The summed E-state index contributed by atoms with van der Waals surface area (Å²) in [4.78, 5) is 10.8. The predicted octanol–water partition coefficient (Wildman–Crippen LogP) is 1.61. The van der Waals surface area contributed by atoms with Crippen molar-refractivity contribution >= 4 is 5.91 Å². The van der Waals surface area contributed by atoms with Crippen molar-refractivity contribution in [2.75, 3.05) is 0 Å². The van der Waals surface area contributed by atoms with Crippen LogP contribution in [0.2, 0.25) is 0 Å². The second-order valence-electron chi connectivity index (χ2n) is 2.88. The summed E-state index contributed by atoms with van der Waals surface area (Å²) in [6.07, 6.45) is -2.89. The van der Waals surface area contributed by atoms with Crippen LogP contribution in [0.3, 0.4) is 0 Å². The maximum Gasteiger partial charge on any atom is 0.413 e. The van der Waals surface area contributed by atoms with Crippen molar-refractivity contribution in [1.82, 2.24) is 15.5 Å². The summed E-state index contributed by atoms with van der Waals surface area (Å²) < 4.78 is 49.8. The minimum Gasteiger partial charge on any atom is -0.335 e. The fourth-order valence-corrected chi connectivity index (χ4v) is 0.982. The largest absolute Gasteiger partial charge is 0.413 e. The number of alkyl halides is 3. The zero-order chi connectivity index (χ0) is 12.3. The van der Waals surface area contributed by atoms with Gasteiger partial charge in [-0.05, 0) is 0 Å². The Morgan fingerprint density at radius 3 is 2.56 bits per heavy atom. The van der Waals surface area contributed by atoms with E-state index >= 15 is 0 Å². The number of carbonyl (C=O) groups is 1. The first kappa shape index (κ1) is 12.2. The molecular formula is C8H7F4N3O. The van der Waals surface area contributed by atoms with Gasteiger partial charge in [-0.1, -0.05) is 6.58 Å². The molecule has 1 aromatic rings. The molecule has 0 saturated carbocycles. The van der Waals surface area contributed by atoms with Crippen molar-refractivity contribution in [3.05, 3.63) is 30.4 Å². The molecule has 1 amide bonds. The standard InChI is InChI=1S/C8H7F4N3O/c1-4(9)7(16)15-6(8(10,11)12)5-2-13-14-3-5/h2-3,6H,1H2,(H,13,14)(H,15,16). The Balaban J connectivity index is 2.90. The number of hydrogen-bond donors (Lipinski definition) is 2. The maximum atomic E-state index is 12.5. The fraction of sp³-hybridized carbons (Fsp3) is 0.250. The molecule has 0 aliphatic carbocycles. The number of nitrogens with one attached hydrogen (secondary N) is 2. The van der Waals surface area contributed by atoms with Crippen LogP contribution < -0.4 is 5.32 Å². The first-order valence-corrected chi connectivity index (χ1v) is 4.03. The van der Waals surface area contributed by atoms with Crippen molar-refractivity contribution < 1.29 is 22.4 Å². The lowest BCUT2D eigenvalue weighted by atomic mass is 10.1. The smallest absolute Gasteiger partial charge is 0.335 e. The van der Waals surface area contributed by atoms with Gasteiger partial charge in [-0.3, -0.25) is 9.89 Å². The molecule has 0 aliphatic heterocycles. The zero-order valence-corrected chi connectivity index (χ0v) is 7.81. The molecule has 0 aliphatic rings. The van der Waals surface area contributed by atoms with Crippen molar-refractivity contribution in [1.29, 1.82) is 0 Å². The number of halogens is 4. The van der Waals surface area contributed by atoms with E-state index in [9.17, 15) is 22.4 Å². The van der Waals surface area contributed by atoms with Gasteiger partial charge in [0.05, 0.1) is 6.20 Å². The predicted molar refractivity (Wildman–Crippen MR) is 45.8 cm³/mol. The Labute approximate surface area is 87.3 Å². The van der Waals surface area contributed by atoms with Gasteiger partial charge < -0.3 is 5.32 Å². The van der Waals surface area contributed by atoms with Crippen LogP contribution in [-0.2, 0) is 4.79 Å². The third kappa shape index (κ3) is 2.81. The average Bonchev–Trinajstić information content (AvgIpc) is 2.63. The summed E-state index contributed by atoms with van der Waals surface area (Å²) in [5.41, 5.74) is -0.317. The van der Waals surface area contributed by atoms with E-state index in [2.05, 4.69) is 16.8 Å². The molecule has 8 heteroatoms. The monoisotopic (exact) mass is 237 g/mol. The number of amides is 1. The molecule has 0 bridgehead atoms. The first-order chi connectivity index (χ1) is 7.32. The normalized spacial score (nSPS) is 13.2. The van der Waals surface area contributed by atoms with Crippen LogP contribution >= 0.6 is 0 Å². The van der Waals surface area contributed by atoms with Crippen LogP contribution in [-0.4, -0.2) is 22.3 Å². The Kier molecular flexibility index (Phi) is 3.31. The molecule has 1 atom stereocenters. The lowest BCUT2D eigenvalue weighted by Gasteiger charge is -2.19. The highest BCUT2D eigenvalue weighted by Gasteiger charge is 2.42. The number of carbonyl (C=O) groups excluding carboxylic acids is 1. The number of H-pyrrole nitrogens is 1. The van der Waals surface area contributed by atoms with Gasteiger partial charge in [0, 0.05) is 11.8 Å². The summed E-state index contributed by atoms with van der Waals surface area (Å²) >= 11 is 0. The van der Waals surface area contributed by atoms with Crippen LogP contribution in [0.15, 0.2) is 24.8 Å². The van der Waals surface area contributed by atoms with E-state index in [0.717, 1.165) is 12.4 Å². The van der Waals surface area contributed by atoms with Gasteiger partial charge >= 0.3 is 6.18 Å². The third-order valence-electron chi connectivity index (χ3n) is 1.70. The van der Waals surface area contributed by atoms with Gasteiger partial charge in [0.2, 0.25) is 0 Å². The molecule has 1 unspecified atom stereocenters. The van der Waals surface area contributed by atoms with Crippen molar-refractivity contribution in [2.45, 2.75) is 12.2 Å².